The van der Waals surface area contributed by atoms with E-state index in [-0.39, 0.29) is 18.3 Å². The average molecular weight is 348 g/mol. The second kappa shape index (κ2) is 5.98. The SMILES string of the molecule is O=C(NCc1ccc(Br)cc1F)c1ccc(C2CC2)cc1. The van der Waals surface area contributed by atoms with Crippen LogP contribution in [0.15, 0.2) is 46.9 Å². The summed E-state index contributed by atoms with van der Waals surface area (Å²) in [6.45, 7) is 0.183. The van der Waals surface area contributed by atoms with E-state index in [0.717, 1.165) is 0 Å². The summed E-state index contributed by atoms with van der Waals surface area (Å²) in [7, 11) is 0. The van der Waals surface area contributed by atoms with Crippen molar-refractivity contribution < 1.29 is 9.18 Å². The Morgan fingerprint density at radius 2 is 1.90 bits per heavy atom. The van der Waals surface area contributed by atoms with Crippen molar-refractivity contribution in [3.63, 3.8) is 0 Å². The summed E-state index contributed by atoms with van der Waals surface area (Å²) in [6, 6.07) is 12.5. The number of hydrogen-bond donors (Lipinski definition) is 1. The van der Waals surface area contributed by atoms with Crippen LogP contribution in [0.1, 0.15) is 40.2 Å². The molecular weight excluding hydrogens is 333 g/mol. The highest BCUT2D eigenvalue weighted by Crippen LogP contribution is 2.39. The Labute approximate surface area is 131 Å². The highest BCUT2D eigenvalue weighted by Gasteiger charge is 2.23. The van der Waals surface area contributed by atoms with E-state index >= 15 is 0 Å². The van der Waals surface area contributed by atoms with Crippen molar-refractivity contribution in [2.45, 2.75) is 25.3 Å². The largest absolute Gasteiger partial charge is 0.348 e. The van der Waals surface area contributed by atoms with Crippen LogP contribution in [0.5, 0.6) is 0 Å². The van der Waals surface area contributed by atoms with Crippen LogP contribution in [-0.4, -0.2) is 5.91 Å². The molecular formula is C17H15BrFNO. The van der Waals surface area contributed by atoms with E-state index in [1.54, 1.807) is 12.1 Å². The van der Waals surface area contributed by atoms with E-state index in [0.29, 0.717) is 21.5 Å². The quantitative estimate of drug-likeness (QED) is 0.872. The van der Waals surface area contributed by atoms with E-state index < -0.39 is 0 Å². The Bertz CT molecular complexity index is 665. The molecule has 21 heavy (non-hydrogen) atoms. The third-order valence-electron chi connectivity index (χ3n) is 3.68. The molecule has 108 valence electrons. The van der Waals surface area contributed by atoms with Crippen LogP contribution in [0.2, 0.25) is 0 Å². The van der Waals surface area contributed by atoms with Gasteiger partial charge < -0.3 is 5.32 Å². The Balaban J connectivity index is 1.62. The lowest BCUT2D eigenvalue weighted by atomic mass is 10.1. The molecule has 1 amide bonds. The first-order valence-corrected chi connectivity index (χ1v) is 7.75. The number of nitrogens with one attached hydrogen (secondary N) is 1. The van der Waals surface area contributed by atoms with Crippen LogP contribution in [0, 0.1) is 5.82 Å². The maximum Gasteiger partial charge on any atom is 0.251 e. The van der Waals surface area contributed by atoms with Crippen LogP contribution in [0.3, 0.4) is 0 Å². The van der Waals surface area contributed by atoms with Gasteiger partial charge in [-0.2, -0.15) is 0 Å². The summed E-state index contributed by atoms with van der Waals surface area (Å²) in [5.41, 5.74) is 2.38. The lowest BCUT2D eigenvalue weighted by Gasteiger charge is -2.07. The predicted molar refractivity (Wildman–Crippen MR) is 83.7 cm³/mol. The molecule has 0 radical (unpaired) electrons. The minimum Gasteiger partial charge on any atom is -0.348 e. The molecule has 1 N–H and O–H groups in total. The van der Waals surface area contributed by atoms with Crippen LogP contribution in [0.25, 0.3) is 0 Å². The first kappa shape index (κ1) is 14.3. The molecule has 3 rings (SSSR count). The molecule has 0 aliphatic heterocycles. The van der Waals surface area contributed by atoms with Gasteiger partial charge in [0.25, 0.3) is 5.91 Å². The smallest absolute Gasteiger partial charge is 0.251 e. The molecule has 0 bridgehead atoms. The number of amides is 1. The molecule has 1 aliphatic rings. The minimum atomic E-state index is -0.325. The summed E-state index contributed by atoms with van der Waals surface area (Å²) in [6.07, 6.45) is 2.49. The van der Waals surface area contributed by atoms with E-state index in [2.05, 4.69) is 21.2 Å². The van der Waals surface area contributed by atoms with Crippen LogP contribution < -0.4 is 5.32 Å². The van der Waals surface area contributed by atoms with Crippen molar-refractivity contribution in [1.29, 1.82) is 0 Å². The van der Waals surface area contributed by atoms with Crippen molar-refractivity contribution >= 4 is 21.8 Å². The van der Waals surface area contributed by atoms with Gasteiger partial charge in [-0.1, -0.05) is 34.1 Å². The molecule has 2 aromatic rings. The lowest BCUT2D eigenvalue weighted by molar-refractivity contribution is 0.0950. The van der Waals surface area contributed by atoms with E-state index in [1.165, 1.54) is 24.5 Å². The van der Waals surface area contributed by atoms with Gasteiger partial charge >= 0.3 is 0 Å². The van der Waals surface area contributed by atoms with E-state index in [9.17, 15) is 9.18 Å². The number of carbonyl (C=O) groups is 1. The third-order valence-corrected chi connectivity index (χ3v) is 4.17. The molecule has 0 atom stereocenters. The average Bonchev–Trinajstić information content (AvgIpc) is 3.31. The van der Waals surface area contributed by atoms with Crippen LogP contribution in [0.4, 0.5) is 4.39 Å². The zero-order valence-corrected chi connectivity index (χ0v) is 13.0. The minimum absolute atomic E-state index is 0.181. The molecule has 4 heteroatoms. The Hall–Kier alpha value is -1.68. The van der Waals surface area contributed by atoms with E-state index in [1.807, 2.05) is 24.3 Å². The number of carbonyl (C=O) groups excluding carboxylic acids is 1. The molecule has 0 saturated heterocycles. The second-order valence-electron chi connectivity index (χ2n) is 5.31. The fourth-order valence-electron chi connectivity index (χ4n) is 2.27. The van der Waals surface area contributed by atoms with Crippen molar-refractivity contribution in [3.8, 4) is 0 Å². The Morgan fingerprint density at radius 1 is 1.19 bits per heavy atom. The molecule has 0 spiro atoms. The fraction of sp³-hybridized carbons (Fsp3) is 0.235. The predicted octanol–water partition coefficient (Wildman–Crippen LogP) is 4.40. The highest BCUT2D eigenvalue weighted by molar-refractivity contribution is 9.10. The molecule has 1 saturated carbocycles. The maximum atomic E-state index is 13.7. The summed E-state index contributed by atoms with van der Waals surface area (Å²) in [5.74, 6) is 0.174. The summed E-state index contributed by atoms with van der Waals surface area (Å²) < 4.78 is 14.4. The number of benzene rings is 2. The maximum absolute atomic E-state index is 13.7. The van der Waals surface area contributed by atoms with Gasteiger partial charge in [0.1, 0.15) is 5.82 Å². The van der Waals surface area contributed by atoms with Crippen LogP contribution in [-0.2, 0) is 6.54 Å². The van der Waals surface area contributed by atoms with Gasteiger partial charge in [0.15, 0.2) is 0 Å². The normalized spacial score (nSPS) is 14.0. The molecule has 2 nitrogen and oxygen atoms in total. The first-order valence-electron chi connectivity index (χ1n) is 6.95. The van der Waals surface area contributed by atoms with Gasteiger partial charge in [-0.15, -0.1) is 0 Å². The van der Waals surface area contributed by atoms with Crippen molar-refractivity contribution in [1.82, 2.24) is 5.32 Å². The highest BCUT2D eigenvalue weighted by atomic mass is 79.9. The molecule has 1 aliphatic carbocycles. The van der Waals surface area contributed by atoms with Crippen molar-refractivity contribution in [2.75, 3.05) is 0 Å². The number of halogens is 2. The van der Waals surface area contributed by atoms with E-state index in [4.69, 9.17) is 0 Å². The lowest BCUT2D eigenvalue weighted by Crippen LogP contribution is -2.23. The third kappa shape index (κ3) is 3.50. The molecule has 0 aromatic heterocycles. The van der Waals surface area contributed by atoms with Gasteiger partial charge in [0.05, 0.1) is 0 Å². The summed E-state index contributed by atoms with van der Waals surface area (Å²) in [4.78, 5) is 12.1. The molecule has 2 aromatic carbocycles. The fourth-order valence-corrected chi connectivity index (χ4v) is 2.60. The Kier molecular flexibility index (Phi) is 4.06. The standard InChI is InChI=1S/C17H15BrFNO/c18-15-8-7-14(16(19)9-15)10-20-17(21)13-5-3-12(4-6-13)11-1-2-11/h3-9,11H,1-2,10H2,(H,20,21). The molecule has 0 unspecified atom stereocenters. The first-order chi connectivity index (χ1) is 10.1. The zero-order chi connectivity index (χ0) is 14.8. The van der Waals surface area contributed by atoms with Gasteiger partial charge in [0, 0.05) is 22.1 Å². The molecule has 0 heterocycles. The summed E-state index contributed by atoms with van der Waals surface area (Å²) >= 11 is 3.21. The zero-order valence-electron chi connectivity index (χ0n) is 11.4. The van der Waals surface area contributed by atoms with Gasteiger partial charge in [-0.3, -0.25) is 4.79 Å². The van der Waals surface area contributed by atoms with Crippen LogP contribution >= 0.6 is 15.9 Å². The number of rotatable bonds is 4. The van der Waals surface area contributed by atoms with Gasteiger partial charge in [0.2, 0.25) is 0 Å². The topological polar surface area (TPSA) is 29.1 Å². The van der Waals surface area contributed by atoms with Gasteiger partial charge in [-0.25, -0.2) is 4.39 Å². The molecule has 1 fully saturated rings. The number of hydrogen-bond acceptors (Lipinski definition) is 1. The van der Waals surface area contributed by atoms with Crippen molar-refractivity contribution in [3.05, 3.63) is 69.4 Å². The second-order valence-corrected chi connectivity index (χ2v) is 6.23. The van der Waals surface area contributed by atoms with Crippen molar-refractivity contribution in [2.24, 2.45) is 0 Å². The van der Waals surface area contributed by atoms with Gasteiger partial charge in [-0.05, 0) is 48.6 Å². The Morgan fingerprint density at radius 3 is 2.52 bits per heavy atom. The monoisotopic (exact) mass is 347 g/mol. The summed E-state index contributed by atoms with van der Waals surface area (Å²) in [5, 5.41) is 2.75.